The van der Waals surface area contributed by atoms with E-state index in [1.165, 1.54) is 13.3 Å². The Bertz CT molecular complexity index is 833. The maximum atomic E-state index is 12.5. The van der Waals surface area contributed by atoms with Gasteiger partial charge in [0.1, 0.15) is 11.4 Å². The minimum absolute atomic E-state index is 0.219. The van der Waals surface area contributed by atoms with Crippen LogP contribution in [0.3, 0.4) is 0 Å². The van der Waals surface area contributed by atoms with Crippen molar-refractivity contribution in [3.8, 4) is 5.75 Å². The molecule has 2 aromatic carbocycles. The molecule has 0 aliphatic rings. The van der Waals surface area contributed by atoms with Crippen LogP contribution in [0.25, 0.3) is 11.0 Å². The standard InChI is InChI=1S/C16H11ClN2O2/c1-21-15-8-10(6-7-11(15)17)16(20)14-9-18-12-4-2-3-5-13(12)19-14/h2-9H,1H3. The molecule has 104 valence electrons. The van der Waals surface area contributed by atoms with Crippen molar-refractivity contribution in [1.29, 1.82) is 0 Å². The van der Waals surface area contributed by atoms with Gasteiger partial charge < -0.3 is 4.74 Å². The molecule has 3 aromatic rings. The maximum absolute atomic E-state index is 12.5. The summed E-state index contributed by atoms with van der Waals surface area (Å²) in [5, 5.41) is 0.457. The number of nitrogens with zero attached hydrogens (tertiary/aromatic N) is 2. The largest absolute Gasteiger partial charge is 0.495 e. The highest BCUT2D eigenvalue weighted by atomic mass is 35.5. The van der Waals surface area contributed by atoms with E-state index < -0.39 is 0 Å². The number of halogens is 1. The minimum atomic E-state index is -0.219. The monoisotopic (exact) mass is 298 g/mol. The molecule has 3 rings (SSSR count). The number of benzene rings is 2. The van der Waals surface area contributed by atoms with Crippen molar-refractivity contribution in [1.82, 2.24) is 9.97 Å². The van der Waals surface area contributed by atoms with Crippen molar-refractivity contribution < 1.29 is 9.53 Å². The molecule has 0 aliphatic carbocycles. The molecule has 0 saturated carbocycles. The Labute approximate surface area is 126 Å². The number of ether oxygens (including phenoxy) is 1. The van der Waals surface area contributed by atoms with Gasteiger partial charge in [-0.3, -0.25) is 9.78 Å². The summed E-state index contributed by atoms with van der Waals surface area (Å²) in [5.74, 6) is 0.236. The predicted octanol–water partition coefficient (Wildman–Crippen LogP) is 3.52. The van der Waals surface area contributed by atoms with Crippen LogP contribution in [0.1, 0.15) is 16.1 Å². The van der Waals surface area contributed by atoms with Gasteiger partial charge in [0.15, 0.2) is 0 Å². The Morgan fingerprint density at radius 2 is 1.90 bits per heavy atom. The molecule has 0 unspecified atom stereocenters. The van der Waals surface area contributed by atoms with Gasteiger partial charge in [-0.2, -0.15) is 0 Å². The highest BCUT2D eigenvalue weighted by Gasteiger charge is 2.14. The second-order valence-corrected chi connectivity index (χ2v) is 4.83. The van der Waals surface area contributed by atoms with E-state index in [0.717, 1.165) is 5.52 Å². The topological polar surface area (TPSA) is 52.1 Å². The fourth-order valence-electron chi connectivity index (χ4n) is 2.02. The zero-order chi connectivity index (χ0) is 14.8. The van der Waals surface area contributed by atoms with E-state index >= 15 is 0 Å². The Morgan fingerprint density at radius 3 is 2.67 bits per heavy atom. The molecular formula is C16H11ClN2O2. The molecule has 0 saturated heterocycles. The summed E-state index contributed by atoms with van der Waals surface area (Å²) in [6, 6.07) is 12.3. The SMILES string of the molecule is COc1cc(C(=O)c2cnc3ccccc3n2)ccc1Cl. The highest BCUT2D eigenvalue weighted by molar-refractivity contribution is 6.32. The first-order valence-corrected chi connectivity index (χ1v) is 6.67. The predicted molar refractivity (Wildman–Crippen MR) is 81.0 cm³/mol. The van der Waals surface area contributed by atoms with Crippen LogP contribution in [-0.2, 0) is 0 Å². The minimum Gasteiger partial charge on any atom is -0.495 e. The zero-order valence-electron chi connectivity index (χ0n) is 11.2. The molecule has 0 aliphatic heterocycles. The number of aromatic nitrogens is 2. The van der Waals surface area contributed by atoms with Crippen molar-refractivity contribution in [3.05, 3.63) is 64.9 Å². The molecule has 21 heavy (non-hydrogen) atoms. The number of methoxy groups -OCH3 is 1. The summed E-state index contributed by atoms with van der Waals surface area (Å²) < 4.78 is 5.12. The summed E-state index contributed by atoms with van der Waals surface area (Å²) in [5.41, 5.74) is 2.19. The van der Waals surface area contributed by atoms with Crippen molar-refractivity contribution in [3.63, 3.8) is 0 Å². The highest BCUT2D eigenvalue weighted by Crippen LogP contribution is 2.26. The molecule has 0 fully saturated rings. The van der Waals surface area contributed by atoms with Gasteiger partial charge in [0.2, 0.25) is 5.78 Å². The van der Waals surface area contributed by atoms with E-state index in [2.05, 4.69) is 9.97 Å². The number of hydrogen-bond donors (Lipinski definition) is 0. The average molecular weight is 299 g/mol. The second-order valence-electron chi connectivity index (χ2n) is 4.42. The van der Waals surface area contributed by atoms with E-state index in [1.807, 2.05) is 24.3 Å². The third-order valence-corrected chi connectivity index (χ3v) is 3.41. The lowest BCUT2D eigenvalue weighted by Crippen LogP contribution is -2.05. The molecule has 4 nitrogen and oxygen atoms in total. The normalized spacial score (nSPS) is 10.6. The fourth-order valence-corrected chi connectivity index (χ4v) is 2.21. The van der Waals surface area contributed by atoms with Crippen LogP contribution in [-0.4, -0.2) is 22.9 Å². The molecule has 0 N–H and O–H groups in total. The van der Waals surface area contributed by atoms with E-state index in [-0.39, 0.29) is 11.5 Å². The lowest BCUT2D eigenvalue weighted by atomic mass is 10.1. The van der Waals surface area contributed by atoms with Crippen LogP contribution in [0.2, 0.25) is 5.02 Å². The average Bonchev–Trinajstić information content (AvgIpc) is 2.54. The molecule has 0 amide bonds. The van der Waals surface area contributed by atoms with Gasteiger partial charge in [-0.25, -0.2) is 4.98 Å². The number of ketones is 1. The van der Waals surface area contributed by atoms with Crippen LogP contribution >= 0.6 is 11.6 Å². The number of carbonyl (C=O) groups is 1. The lowest BCUT2D eigenvalue weighted by Gasteiger charge is -2.06. The molecule has 1 aromatic heterocycles. The van der Waals surface area contributed by atoms with Crippen LogP contribution in [0.5, 0.6) is 5.75 Å². The fraction of sp³-hybridized carbons (Fsp3) is 0.0625. The molecule has 0 radical (unpaired) electrons. The Hall–Kier alpha value is -2.46. The van der Waals surface area contributed by atoms with Gasteiger partial charge in [0.05, 0.1) is 29.4 Å². The number of rotatable bonds is 3. The zero-order valence-corrected chi connectivity index (χ0v) is 12.0. The molecule has 1 heterocycles. The first-order valence-electron chi connectivity index (χ1n) is 6.29. The number of fused-ring (bicyclic) bond motifs is 1. The van der Waals surface area contributed by atoms with Crippen LogP contribution in [0, 0.1) is 0 Å². The lowest BCUT2D eigenvalue weighted by molar-refractivity contribution is 0.103. The van der Waals surface area contributed by atoms with Crippen molar-refractivity contribution >= 4 is 28.4 Å². The summed E-state index contributed by atoms with van der Waals surface area (Å²) >= 11 is 5.96. The summed E-state index contributed by atoms with van der Waals surface area (Å²) in [4.78, 5) is 21.1. The third-order valence-electron chi connectivity index (χ3n) is 3.09. The van der Waals surface area contributed by atoms with E-state index in [0.29, 0.717) is 21.9 Å². The second kappa shape index (κ2) is 5.50. The summed E-state index contributed by atoms with van der Waals surface area (Å²) in [6.07, 6.45) is 1.48. The van der Waals surface area contributed by atoms with Crippen LogP contribution in [0.4, 0.5) is 0 Å². The van der Waals surface area contributed by atoms with Crippen molar-refractivity contribution in [2.24, 2.45) is 0 Å². The van der Waals surface area contributed by atoms with Gasteiger partial charge in [-0.05, 0) is 30.3 Å². The smallest absolute Gasteiger partial charge is 0.213 e. The number of para-hydroxylation sites is 2. The van der Waals surface area contributed by atoms with Crippen LogP contribution < -0.4 is 4.74 Å². The third kappa shape index (κ3) is 2.58. The number of hydrogen-bond acceptors (Lipinski definition) is 4. The Morgan fingerprint density at radius 1 is 1.14 bits per heavy atom. The van der Waals surface area contributed by atoms with Gasteiger partial charge in [0, 0.05) is 5.56 Å². The summed E-state index contributed by atoms with van der Waals surface area (Å²) in [7, 11) is 1.51. The van der Waals surface area contributed by atoms with Gasteiger partial charge in [0.25, 0.3) is 0 Å². The summed E-state index contributed by atoms with van der Waals surface area (Å²) in [6.45, 7) is 0. The Balaban J connectivity index is 2.03. The van der Waals surface area contributed by atoms with E-state index in [4.69, 9.17) is 16.3 Å². The van der Waals surface area contributed by atoms with E-state index in [1.54, 1.807) is 18.2 Å². The molecule has 0 bridgehead atoms. The van der Waals surface area contributed by atoms with Gasteiger partial charge in [-0.1, -0.05) is 23.7 Å². The first kappa shape index (κ1) is 13.5. The van der Waals surface area contributed by atoms with Gasteiger partial charge >= 0.3 is 0 Å². The van der Waals surface area contributed by atoms with Crippen molar-refractivity contribution in [2.45, 2.75) is 0 Å². The van der Waals surface area contributed by atoms with Crippen LogP contribution in [0.15, 0.2) is 48.7 Å². The van der Waals surface area contributed by atoms with E-state index in [9.17, 15) is 4.79 Å². The maximum Gasteiger partial charge on any atom is 0.213 e. The molecule has 5 heteroatoms. The molecule has 0 spiro atoms. The van der Waals surface area contributed by atoms with Gasteiger partial charge in [-0.15, -0.1) is 0 Å². The molecule has 0 atom stereocenters. The Kier molecular flexibility index (Phi) is 3.54. The van der Waals surface area contributed by atoms with Crippen molar-refractivity contribution in [2.75, 3.05) is 7.11 Å². The first-order chi connectivity index (χ1) is 10.2. The number of carbonyl (C=O) groups excluding carboxylic acids is 1. The quantitative estimate of drug-likeness (QED) is 0.694. The molecular weight excluding hydrogens is 288 g/mol.